The Labute approximate surface area is 181 Å². The van der Waals surface area contributed by atoms with Crippen LogP contribution in [0, 0.1) is 6.92 Å². The Morgan fingerprint density at radius 1 is 1.26 bits per heavy atom. The van der Waals surface area contributed by atoms with Gasteiger partial charge in [0.05, 0.1) is 16.9 Å². The van der Waals surface area contributed by atoms with Gasteiger partial charge in [-0.2, -0.15) is 0 Å². The molecule has 0 spiro atoms. The van der Waals surface area contributed by atoms with Crippen LogP contribution in [0.25, 0.3) is 0 Å². The zero-order valence-corrected chi connectivity index (χ0v) is 18.0. The van der Waals surface area contributed by atoms with E-state index in [1.54, 1.807) is 12.1 Å². The number of nitrogens with zero attached hydrogens (tertiary/aromatic N) is 1. The first-order valence-electron chi connectivity index (χ1n) is 10.6. The second kappa shape index (κ2) is 8.41. The van der Waals surface area contributed by atoms with Gasteiger partial charge >= 0.3 is 5.97 Å². The van der Waals surface area contributed by atoms with Gasteiger partial charge in [-0.25, -0.2) is 4.79 Å². The Balaban J connectivity index is 1.41. The van der Waals surface area contributed by atoms with E-state index in [0.29, 0.717) is 11.3 Å². The lowest BCUT2D eigenvalue weighted by Gasteiger charge is -2.33. The number of anilines is 3. The van der Waals surface area contributed by atoms with E-state index in [2.05, 4.69) is 29.4 Å². The molecule has 0 bridgehead atoms. The monoisotopic (exact) mass is 421 g/mol. The predicted octanol–water partition coefficient (Wildman–Crippen LogP) is 3.83. The maximum absolute atomic E-state index is 12.5. The number of fused-ring (bicyclic) bond motifs is 3. The van der Waals surface area contributed by atoms with Crippen molar-refractivity contribution in [3.63, 3.8) is 0 Å². The number of amides is 2. The maximum atomic E-state index is 12.5. The summed E-state index contributed by atoms with van der Waals surface area (Å²) in [6.07, 6.45) is 1.80. The van der Waals surface area contributed by atoms with Crippen molar-refractivity contribution in [2.24, 2.45) is 0 Å². The van der Waals surface area contributed by atoms with Crippen molar-refractivity contribution in [2.75, 3.05) is 28.7 Å². The van der Waals surface area contributed by atoms with Gasteiger partial charge in [-0.15, -0.1) is 0 Å². The topological polar surface area (TPSA) is 87.7 Å². The molecule has 0 unspecified atom stereocenters. The second-order valence-electron chi connectivity index (χ2n) is 8.39. The van der Waals surface area contributed by atoms with Crippen LogP contribution < -0.4 is 15.5 Å². The smallest absolute Gasteiger partial charge is 0.338 e. The molecule has 2 heterocycles. The molecule has 2 aliphatic rings. The Morgan fingerprint density at radius 2 is 2.06 bits per heavy atom. The van der Waals surface area contributed by atoms with Crippen LogP contribution in [0.2, 0.25) is 0 Å². The standard InChI is InChI=1S/C24H27N3O4/c1-14(2)17-7-4-6-15(3)22(17)26-21(28)13-31-24(30)16-9-10-19-18(12-16)25-23(29)20-8-5-11-27(19)20/h4,6-7,9-10,12,14,20H,5,8,11,13H2,1-3H3,(H,25,29)(H,26,28)/t20-/m1/s1. The van der Waals surface area contributed by atoms with Crippen LogP contribution in [-0.2, 0) is 14.3 Å². The summed E-state index contributed by atoms with van der Waals surface area (Å²) in [6, 6.07) is 10.8. The molecule has 2 N–H and O–H groups in total. The fraction of sp³-hybridized carbons (Fsp3) is 0.375. The average molecular weight is 421 g/mol. The highest BCUT2D eigenvalue weighted by molar-refractivity contribution is 6.05. The first-order valence-corrected chi connectivity index (χ1v) is 10.6. The minimum Gasteiger partial charge on any atom is -0.452 e. The summed E-state index contributed by atoms with van der Waals surface area (Å²) in [7, 11) is 0. The number of carbonyl (C=O) groups excluding carboxylic acids is 3. The lowest BCUT2D eigenvalue weighted by molar-refractivity contribution is -0.119. The van der Waals surface area contributed by atoms with E-state index in [1.165, 1.54) is 0 Å². The van der Waals surface area contributed by atoms with Crippen LogP contribution in [0.5, 0.6) is 0 Å². The average Bonchev–Trinajstić information content (AvgIpc) is 3.24. The van der Waals surface area contributed by atoms with E-state index >= 15 is 0 Å². The zero-order chi connectivity index (χ0) is 22.1. The summed E-state index contributed by atoms with van der Waals surface area (Å²) < 4.78 is 5.23. The van der Waals surface area contributed by atoms with E-state index in [4.69, 9.17) is 4.74 Å². The minimum atomic E-state index is -0.607. The summed E-state index contributed by atoms with van der Waals surface area (Å²) >= 11 is 0. The molecule has 2 aliphatic heterocycles. The lowest BCUT2D eigenvalue weighted by atomic mass is 9.98. The van der Waals surface area contributed by atoms with Crippen molar-refractivity contribution in [1.29, 1.82) is 0 Å². The van der Waals surface area contributed by atoms with Crippen LogP contribution in [0.1, 0.15) is 54.1 Å². The molecule has 1 fully saturated rings. The van der Waals surface area contributed by atoms with Gasteiger partial charge in [-0.05, 0) is 55.0 Å². The van der Waals surface area contributed by atoms with Crippen molar-refractivity contribution in [2.45, 2.75) is 45.6 Å². The zero-order valence-electron chi connectivity index (χ0n) is 18.0. The lowest BCUT2D eigenvalue weighted by Crippen LogP contribution is -2.43. The molecule has 7 nitrogen and oxygen atoms in total. The first-order chi connectivity index (χ1) is 14.8. The van der Waals surface area contributed by atoms with E-state index in [9.17, 15) is 14.4 Å². The SMILES string of the molecule is Cc1cccc(C(C)C)c1NC(=O)COC(=O)c1ccc2c(c1)NC(=O)[C@H]1CCCN21. The summed E-state index contributed by atoms with van der Waals surface area (Å²) in [5.74, 6) is -0.798. The van der Waals surface area contributed by atoms with E-state index in [0.717, 1.165) is 41.9 Å². The molecular weight excluding hydrogens is 394 g/mol. The highest BCUT2D eigenvalue weighted by Gasteiger charge is 2.36. The number of aryl methyl sites for hydroxylation is 1. The first kappa shape index (κ1) is 20.9. The van der Waals surface area contributed by atoms with Crippen LogP contribution in [0.4, 0.5) is 17.1 Å². The molecule has 0 aromatic heterocycles. The van der Waals surface area contributed by atoms with E-state index in [1.807, 2.05) is 31.2 Å². The van der Waals surface area contributed by atoms with Gasteiger partial charge in [0.2, 0.25) is 5.91 Å². The summed E-state index contributed by atoms with van der Waals surface area (Å²) in [4.78, 5) is 39.3. The number of hydrogen-bond donors (Lipinski definition) is 2. The number of benzene rings is 2. The molecular formula is C24H27N3O4. The number of hydrogen-bond acceptors (Lipinski definition) is 5. The molecule has 0 radical (unpaired) electrons. The summed E-state index contributed by atoms with van der Waals surface area (Å²) in [6.45, 7) is 6.49. The highest BCUT2D eigenvalue weighted by atomic mass is 16.5. The van der Waals surface area contributed by atoms with Gasteiger partial charge in [-0.1, -0.05) is 32.0 Å². The number of carbonyl (C=O) groups is 3. The normalized spacial score (nSPS) is 17.1. The third-order valence-corrected chi connectivity index (χ3v) is 5.88. The summed E-state index contributed by atoms with van der Waals surface area (Å²) in [5, 5.41) is 5.75. The number of para-hydroxylation sites is 1. The molecule has 0 aliphatic carbocycles. The van der Waals surface area contributed by atoms with Gasteiger partial charge in [0, 0.05) is 12.2 Å². The molecule has 162 valence electrons. The van der Waals surface area contributed by atoms with Crippen molar-refractivity contribution < 1.29 is 19.1 Å². The Kier molecular flexibility index (Phi) is 5.67. The predicted molar refractivity (Wildman–Crippen MR) is 120 cm³/mol. The molecule has 2 amide bonds. The van der Waals surface area contributed by atoms with Crippen LogP contribution in [0.3, 0.4) is 0 Å². The molecule has 31 heavy (non-hydrogen) atoms. The van der Waals surface area contributed by atoms with Gasteiger partial charge in [0.1, 0.15) is 6.04 Å². The number of rotatable bonds is 5. The highest BCUT2D eigenvalue weighted by Crippen LogP contribution is 2.37. The minimum absolute atomic E-state index is 0.0471. The molecule has 0 saturated carbocycles. The van der Waals surface area contributed by atoms with Gasteiger partial charge in [0.25, 0.3) is 5.91 Å². The van der Waals surface area contributed by atoms with Gasteiger partial charge in [-0.3, -0.25) is 9.59 Å². The maximum Gasteiger partial charge on any atom is 0.338 e. The fourth-order valence-electron chi connectivity index (χ4n) is 4.29. The van der Waals surface area contributed by atoms with Crippen molar-refractivity contribution in [3.8, 4) is 0 Å². The molecule has 2 aromatic carbocycles. The quantitative estimate of drug-likeness (QED) is 0.717. The van der Waals surface area contributed by atoms with Crippen LogP contribution >= 0.6 is 0 Å². The van der Waals surface area contributed by atoms with E-state index in [-0.39, 0.29) is 24.5 Å². The van der Waals surface area contributed by atoms with Gasteiger partial charge < -0.3 is 20.3 Å². The van der Waals surface area contributed by atoms with Gasteiger partial charge in [0.15, 0.2) is 6.61 Å². The number of esters is 1. The van der Waals surface area contributed by atoms with E-state index < -0.39 is 11.9 Å². The third-order valence-electron chi connectivity index (χ3n) is 5.88. The molecule has 2 aromatic rings. The summed E-state index contributed by atoms with van der Waals surface area (Å²) in [5.41, 5.74) is 4.56. The Bertz CT molecular complexity index is 1050. The van der Waals surface area contributed by atoms with Crippen molar-refractivity contribution in [3.05, 3.63) is 53.1 Å². The third kappa shape index (κ3) is 4.13. The Morgan fingerprint density at radius 3 is 2.84 bits per heavy atom. The van der Waals surface area contributed by atoms with Crippen molar-refractivity contribution in [1.82, 2.24) is 0 Å². The Hall–Kier alpha value is -3.35. The second-order valence-corrected chi connectivity index (χ2v) is 8.39. The fourth-order valence-corrected chi connectivity index (χ4v) is 4.29. The molecule has 1 atom stereocenters. The van der Waals surface area contributed by atoms with Crippen LogP contribution in [-0.4, -0.2) is 37.0 Å². The van der Waals surface area contributed by atoms with Crippen LogP contribution in [0.15, 0.2) is 36.4 Å². The molecule has 7 heteroatoms. The largest absolute Gasteiger partial charge is 0.452 e. The number of nitrogens with one attached hydrogen (secondary N) is 2. The number of ether oxygens (including phenoxy) is 1. The van der Waals surface area contributed by atoms with Crippen molar-refractivity contribution >= 4 is 34.8 Å². The molecule has 4 rings (SSSR count). The molecule has 1 saturated heterocycles.